The zero-order valence-electron chi connectivity index (χ0n) is 13.5. The fraction of sp³-hybridized carbons (Fsp3) is 0.556. The number of piperidine rings is 1. The molecule has 0 bridgehead atoms. The van der Waals surface area contributed by atoms with Gasteiger partial charge < -0.3 is 4.90 Å². The Bertz CT molecular complexity index is 611. The minimum atomic E-state index is -0.0803. The molecule has 0 spiro atoms. The van der Waals surface area contributed by atoms with E-state index in [0.29, 0.717) is 0 Å². The third kappa shape index (κ3) is 3.27. The van der Waals surface area contributed by atoms with Crippen LogP contribution in [0, 0.1) is 17.3 Å². The van der Waals surface area contributed by atoms with Gasteiger partial charge in [0.1, 0.15) is 4.49 Å². The Morgan fingerprint density at radius 1 is 1.39 bits per heavy atom. The van der Waals surface area contributed by atoms with Crippen molar-refractivity contribution in [2.75, 3.05) is 6.54 Å². The highest BCUT2D eigenvalue weighted by Gasteiger charge is 2.62. The first-order valence-electron chi connectivity index (χ1n) is 8.16. The number of amides is 1. The van der Waals surface area contributed by atoms with E-state index in [4.69, 9.17) is 23.2 Å². The van der Waals surface area contributed by atoms with E-state index >= 15 is 0 Å². The molecule has 2 heterocycles. The molecule has 3 nitrogen and oxygen atoms in total. The largest absolute Gasteiger partial charge is 0.335 e. The molecule has 5 heteroatoms. The van der Waals surface area contributed by atoms with Crippen LogP contribution in [0.15, 0.2) is 35.1 Å². The van der Waals surface area contributed by atoms with Crippen molar-refractivity contribution in [1.82, 2.24) is 9.88 Å². The summed E-state index contributed by atoms with van der Waals surface area (Å²) in [6.45, 7) is 5.03. The van der Waals surface area contributed by atoms with Gasteiger partial charge in [0.2, 0.25) is 5.91 Å². The number of rotatable bonds is 3. The molecule has 3 rings (SSSR count). The summed E-state index contributed by atoms with van der Waals surface area (Å²) in [6.07, 6.45) is 8.67. The van der Waals surface area contributed by atoms with Gasteiger partial charge in [-0.3, -0.25) is 9.78 Å². The van der Waals surface area contributed by atoms with Crippen molar-refractivity contribution in [2.24, 2.45) is 17.3 Å². The third-order valence-electron chi connectivity index (χ3n) is 5.34. The average molecular weight is 353 g/mol. The summed E-state index contributed by atoms with van der Waals surface area (Å²) >= 11 is 11.6. The lowest BCUT2D eigenvalue weighted by Crippen LogP contribution is -2.40. The van der Waals surface area contributed by atoms with E-state index in [1.807, 2.05) is 23.2 Å². The molecule has 1 aromatic rings. The van der Waals surface area contributed by atoms with Crippen LogP contribution in [-0.4, -0.2) is 22.3 Å². The van der Waals surface area contributed by atoms with Gasteiger partial charge in [-0.2, -0.15) is 0 Å². The van der Waals surface area contributed by atoms with Gasteiger partial charge in [-0.05, 0) is 48.3 Å². The summed E-state index contributed by atoms with van der Waals surface area (Å²) in [5.41, 5.74) is 1.05. The van der Waals surface area contributed by atoms with Crippen LogP contribution in [0.5, 0.6) is 0 Å². The number of carbonyl (C=O) groups is 1. The molecule has 2 fully saturated rings. The summed E-state index contributed by atoms with van der Waals surface area (Å²) < 4.78 is 0.251. The number of halogens is 2. The molecule has 3 atom stereocenters. The number of likely N-dealkylation sites (tertiary alicyclic amines) is 1. The van der Waals surface area contributed by atoms with Crippen molar-refractivity contribution in [3.05, 3.63) is 40.7 Å². The normalized spacial score (nSPS) is 29.0. The molecule has 0 unspecified atom stereocenters. The SMILES string of the molecule is CC1(C)[C@H](C=C(Cl)Cl)[C@@H]1C(=O)N1CCCC[C@@H]1c1cccnc1. The van der Waals surface area contributed by atoms with E-state index in [2.05, 4.69) is 24.9 Å². The molecule has 23 heavy (non-hydrogen) atoms. The number of pyridine rings is 1. The second-order valence-corrected chi connectivity index (χ2v) is 8.12. The van der Waals surface area contributed by atoms with Crippen LogP contribution >= 0.6 is 23.2 Å². The first-order chi connectivity index (χ1) is 10.9. The van der Waals surface area contributed by atoms with Crippen molar-refractivity contribution in [2.45, 2.75) is 39.2 Å². The molecule has 1 aromatic heterocycles. The molecule has 0 aromatic carbocycles. The molecule has 124 valence electrons. The molecular weight excluding hydrogens is 331 g/mol. The van der Waals surface area contributed by atoms with Crippen LogP contribution in [0.4, 0.5) is 0 Å². The first-order valence-corrected chi connectivity index (χ1v) is 8.91. The van der Waals surface area contributed by atoms with Gasteiger partial charge in [0.15, 0.2) is 0 Å². The third-order valence-corrected chi connectivity index (χ3v) is 5.59. The molecule has 0 radical (unpaired) electrons. The molecular formula is C18H22Cl2N2O. The maximum absolute atomic E-state index is 13.1. The second-order valence-electron chi connectivity index (χ2n) is 7.11. The fourth-order valence-electron chi connectivity index (χ4n) is 3.89. The summed E-state index contributed by atoms with van der Waals surface area (Å²) in [5.74, 6) is 0.308. The monoisotopic (exact) mass is 352 g/mol. The van der Waals surface area contributed by atoms with Crippen molar-refractivity contribution in [3.63, 3.8) is 0 Å². The smallest absolute Gasteiger partial charge is 0.227 e. The Labute approximate surface area is 147 Å². The predicted octanol–water partition coefficient (Wildman–Crippen LogP) is 4.73. The molecule has 1 amide bonds. The van der Waals surface area contributed by atoms with Crippen molar-refractivity contribution < 1.29 is 4.79 Å². The summed E-state index contributed by atoms with van der Waals surface area (Å²) in [5, 5.41) is 0. The number of hydrogen-bond acceptors (Lipinski definition) is 2. The van der Waals surface area contributed by atoms with E-state index in [-0.39, 0.29) is 33.7 Å². The van der Waals surface area contributed by atoms with Gasteiger partial charge in [0.05, 0.1) is 12.0 Å². The van der Waals surface area contributed by atoms with E-state index in [0.717, 1.165) is 31.4 Å². The number of hydrogen-bond donors (Lipinski definition) is 0. The van der Waals surface area contributed by atoms with Crippen LogP contribution in [0.25, 0.3) is 0 Å². The highest BCUT2D eigenvalue weighted by molar-refractivity contribution is 6.55. The lowest BCUT2D eigenvalue weighted by Gasteiger charge is -2.36. The topological polar surface area (TPSA) is 33.2 Å². The van der Waals surface area contributed by atoms with E-state index < -0.39 is 0 Å². The standard InChI is InChI=1S/C18H22Cl2N2O/c1-18(2)13(10-15(19)20)16(18)17(23)22-9-4-3-7-14(22)12-6-5-8-21-11-12/h5-6,8,10-11,13-14,16H,3-4,7,9H2,1-2H3/t13-,14-,16-/m1/s1. The summed E-state index contributed by atoms with van der Waals surface area (Å²) in [4.78, 5) is 19.4. The Morgan fingerprint density at radius 2 is 2.17 bits per heavy atom. The molecule has 1 aliphatic carbocycles. The Kier molecular flexibility index (Phi) is 4.70. The van der Waals surface area contributed by atoms with Crippen molar-refractivity contribution in [1.29, 1.82) is 0 Å². The van der Waals surface area contributed by atoms with E-state index in [1.54, 1.807) is 6.20 Å². The lowest BCUT2D eigenvalue weighted by atomic mass is 9.95. The zero-order chi connectivity index (χ0) is 16.6. The van der Waals surface area contributed by atoms with Crippen LogP contribution in [0.3, 0.4) is 0 Å². The number of carbonyl (C=O) groups excluding carboxylic acids is 1. The van der Waals surface area contributed by atoms with Crippen molar-refractivity contribution >= 4 is 29.1 Å². The van der Waals surface area contributed by atoms with Crippen molar-refractivity contribution in [3.8, 4) is 0 Å². The van der Waals surface area contributed by atoms with Crippen LogP contribution in [-0.2, 0) is 4.79 Å². The molecule has 1 saturated heterocycles. The van der Waals surface area contributed by atoms with Crippen LogP contribution < -0.4 is 0 Å². The van der Waals surface area contributed by atoms with Gasteiger partial charge >= 0.3 is 0 Å². The number of aromatic nitrogens is 1. The lowest BCUT2D eigenvalue weighted by molar-refractivity contribution is -0.137. The van der Waals surface area contributed by atoms with E-state index in [9.17, 15) is 4.79 Å². The van der Waals surface area contributed by atoms with Gasteiger partial charge in [-0.25, -0.2) is 0 Å². The highest BCUT2D eigenvalue weighted by Crippen LogP contribution is 2.61. The second kappa shape index (κ2) is 6.45. The molecule has 0 N–H and O–H groups in total. The quantitative estimate of drug-likeness (QED) is 0.787. The van der Waals surface area contributed by atoms with Gasteiger partial charge in [0, 0.05) is 18.9 Å². The number of nitrogens with zero attached hydrogens (tertiary/aromatic N) is 2. The maximum atomic E-state index is 13.1. The van der Waals surface area contributed by atoms with Gasteiger partial charge in [-0.15, -0.1) is 0 Å². The fourth-order valence-corrected chi connectivity index (χ4v) is 4.16. The maximum Gasteiger partial charge on any atom is 0.227 e. The minimum absolute atomic E-state index is 0.0349. The van der Waals surface area contributed by atoms with Crippen LogP contribution in [0.2, 0.25) is 0 Å². The predicted molar refractivity (Wildman–Crippen MR) is 93.1 cm³/mol. The zero-order valence-corrected chi connectivity index (χ0v) is 15.0. The number of allylic oxidation sites excluding steroid dienone is 1. The minimum Gasteiger partial charge on any atom is -0.335 e. The Balaban J connectivity index is 1.82. The van der Waals surface area contributed by atoms with Gasteiger partial charge in [-0.1, -0.05) is 43.1 Å². The average Bonchev–Trinajstić information content (AvgIpc) is 3.07. The molecule has 1 saturated carbocycles. The Morgan fingerprint density at radius 3 is 2.83 bits per heavy atom. The van der Waals surface area contributed by atoms with Gasteiger partial charge in [0.25, 0.3) is 0 Å². The van der Waals surface area contributed by atoms with Crippen LogP contribution in [0.1, 0.15) is 44.7 Å². The Hall–Kier alpha value is -1.06. The summed E-state index contributed by atoms with van der Waals surface area (Å²) in [7, 11) is 0. The highest BCUT2D eigenvalue weighted by atomic mass is 35.5. The van der Waals surface area contributed by atoms with E-state index in [1.165, 1.54) is 0 Å². The summed E-state index contributed by atoms with van der Waals surface area (Å²) in [6, 6.07) is 4.14. The molecule has 2 aliphatic rings. The first kappa shape index (κ1) is 16.8. The molecule has 1 aliphatic heterocycles.